The van der Waals surface area contributed by atoms with Gasteiger partial charge < -0.3 is 10.6 Å². The molecule has 7 nitrogen and oxygen atoms in total. The largest absolute Gasteiger partial charge is 0.346 e. The van der Waals surface area contributed by atoms with Gasteiger partial charge in [-0.1, -0.05) is 54.6 Å². The molecule has 0 radical (unpaired) electrons. The number of carbonyl (C=O) groups excluding carboxylic acids is 2. The fourth-order valence-corrected chi connectivity index (χ4v) is 5.22. The van der Waals surface area contributed by atoms with Gasteiger partial charge in [0, 0.05) is 18.1 Å². The smallest absolute Gasteiger partial charge is 0.274 e. The summed E-state index contributed by atoms with van der Waals surface area (Å²) in [4.78, 5) is 29.5. The lowest BCUT2D eigenvalue weighted by molar-refractivity contribution is -0.123. The number of hydrogen-bond acceptors (Lipinski definition) is 5. The Balaban J connectivity index is 1.24. The molecular formula is C29H27N3O4S. The minimum Gasteiger partial charge on any atom is -0.346 e. The van der Waals surface area contributed by atoms with Crippen molar-refractivity contribution in [1.82, 2.24) is 10.3 Å². The average molecular weight is 514 g/mol. The van der Waals surface area contributed by atoms with Crippen LogP contribution in [0.15, 0.2) is 90.0 Å². The fraction of sp³-hybridized carbons (Fsp3) is 0.207. The molecule has 1 aromatic heterocycles. The van der Waals surface area contributed by atoms with Crippen LogP contribution in [0.2, 0.25) is 0 Å². The quantitative estimate of drug-likeness (QED) is 0.375. The molecule has 0 aliphatic heterocycles. The highest BCUT2D eigenvalue weighted by atomic mass is 32.2. The van der Waals surface area contributed by atoms with Gasteiger partial charge in [-0.2, -0.15) is 0 Å². The van der Waals surface area contributed by atoms with Gasteiger partial charge >= 0.3 is 0 Å². The Morgan fingerprint density at radius 2 is 1.65 bits per heavy atom. The molecule has 37 heavy (non-hydrogen) atoms. The highest BCUT2D eigenvalue weighted by molar-refractivity contribution is 7.90. The Morgan fingerprint density at radius 1 is 0.919 bits per heavy atom. The summed E-state index contributed by atoms with van der Waals surface area (Å²) in [6, 6.07) is 24.4. The van der Waals surface area contributed by atoms with Crippen LogP contribution in [-0.4, -0.2) is 31.5 Å². The second kappa shape index (κ2) is 9.78. The van der Waals surface area contributed by atoms with Crippen molar-refractivity contribution in [3.63, 3.8) is 0 Å². The summed E-state index contributed by atoms with van der Waals surface area (Å²) in [5.41, 5.74) is 2.27. The standard InChI is InChI=1S/C29H27N3O4S/c1-37(35,36)25-13-14-26(30-19-25)28(34)31-24-11-9-23(10-12-24)29(15-4-16-29)32-27(33)18-20-7-8-21-5-2-3-6-22(21)17-20/h2-3,5-14,17,19H,4,15-16,18H2,1H3,(H,31,34)(H,32,33). The molecular weight excluding hydrogens is 486 g/mol. The number of pyridine rings is 1. The predicted octanol–water partition coefficient (Wildman–Crippen LogP) is 4.63. The number of fused-ring (bicyclic) bond motifs is 1. The second-order valence-electron chi connectivity index (χ2n) is 9.52. The van der Waals surface area contributed by atoms with E-state index in [1.807, 2.05) is 42.5 Å². The van der Waals surface area contributed by atoms with Crippen LogP contribution in [0.5, 0.6) is 0 Å². The first kappa shape index (κ1) is 24.6. The van der Waals surface area contributed by atoms with Gasteiger partial charge in [0.05, 0.1) is 16.9 Å². The molecule has 1 aliphatic carbocycles. The van der Waals surface area contributed by atoms with Crippen LogP contribution in [0.3, 0.4) is 0 Å². The van der Waals surface area contributed by atoms with Gasteiger partial charge in [0.2, 0.25) is 5.91 Å². The Kier molecular flexibility index (Phi) is 6.52. The number of nitrogens with one attached hydrogen (secondary N) is 2. The molecule has 8 heteroatoms. The first-order chi connectivity index (χ1) is 17.7. The molecule has 3 aromatic carbocycles. The highest BCUT2D eigenvalue weighted by Crippen LogP contribution is 2.41. The van der Waals surface area contributed by atoms with Crippen LogP contribution in [0.1, 0.15) is 40.9 Å². The van der Waals surface area contributed by atoms with Crippen molar-refractivity contribution in [3.05, 3.63) is 102 Å². The van der Waals surface area contributed by atoms with E-state index in [0.29, 0.717) is 12.1 Å². The number of carbonyl (C=O) groups is 2. The minimum absolute atomic E-state index is 0.0176. The first-order valence-electron chi connectivity index (χ1n) is 12.1. The molecule has 1 aliphatic rings. The molecule has 1 heterocycles. The molecule has 0 spiro atoms. The third kappa shape index (κ3) is 5.39. The van der Waals surface area contributed by atoms with E-state index < -0.39 is 21.3 Å². The SMILES string of the molecule is CS(=O)(=O)c1ccc(C(=O)Nc2ccc(C3(NC(=O)Cc4ccc5ccccc5c4)CCC3)cc2)nc1. The van der Waals surface area contributed by atoms with Crippen LogP contribution in [0, 0.1) is 0 Å². The molecule has 0 bridgehead atoms. The van der Waals surface area contributed by atoms with Crippen molar-refractivity contribution in [3.8, 4) is 0 Å². The monoisotopic (exact) mass is 513 g/mol. The Morgan fingerprint density at radius 3 is 2.27 bits per heavy atom. The highest BCUT2D eigenvalue weighted by Gasteiger charge is 2.39. The molecule has 1 fully saturated rings. The van der Waals surface area contributed by atoms with E-state index in [2.05, 4.69) is 27.8 Å². The number of nitrogens with zero attached hydrogens (tertiary/aromatic N) is 1. The Hall–Kier alpha value is -4.04. The lowest BCUT2D eigenvalue weighted by Gasteiger charge is -2.43. The Bertz CT molecular complexity index is 1580. The molecule has 2 N–H and O–H groups in total. The van der Waals surface area contributed by atoms with Gasteiger partial charge in [-0.25, -0.2) is 13.4 Å². The lowest BCUT2D eigenvalue weighted by atomic mass is 9.71. The van der Waals surface area contributed by atoms with Crippen molar-refractivity contribution >= 4 is 38.1 Å². The number of benzene rings is 3. The van der Waals surface area contributed by atoms with Gasteiger partial charge in [0.25, 0.3) is 5.91 Å². The number of anilines is 1. The van der Waals surface area contributed by atoms with Crippen LogP contribution >= 0.6 is 0 Å². The Labute approximate surface area is 215 Å². The van der Waals surface area contributed by atoms with Gasteiger partial charge in [0.15, 0.2) is 9.84 Å². The van der Waals surface area contributed by atoms with Crippen molar-refractivity contribution in [1.29, 1.82) is 0 Å². The first-order valence-corrected chi connectivity index (χ1v) is 14.0. The third-order valence-electron chi connectivity index (χ3n) is 6.86. The molecule has 188 valence electrons. The van der Waals surface area contributed by atoms with Crippen molar-refractivity contribution < 1.29 is 18.0 Å². The summed E-state index contributed by atoms with van der Waals surface area (Å²) in [6.07, 6.45) is 5.33. The number of sulfone groups is 1. The van der Waals surface area contributed by atoms with Gasteiger partial charge in [0.1, 0.15) is 5.69 Å². The summed E-state index contributed by atoms with van der Waals surface area (Å²) >= 11 is 0. The number of rotatable bonds is 7. The fourth-order valence-electron chi connectivity index (χ4n) is 4.66. The second-order valence-corrected chi connectivity index (χ2v) is 11.5. The average Bonchev–Trinajstić information content (AvgIpc) is 2.86. The number of hydrogen-bond donors (Lipinski definition) is 2. The zero-order chi connectivity index (χ0) is 26.0. The molecule has 0 unspecified atom stereocenters. The predicted molar refractivity (Wildman–Crippen MR) is 143 cm³/mol. The molecule has 2 amide bonds. The summed E-state index contributed by atoms with van der Waals surface area (Å²) in [5.74, 6) is -0.453. The van der Waals surface area contributed by atoms with Crippen molar-refractivity contribution in [2.45, 2.75) is 36.1 Å². The molecule has 4 aromatic rings. The van der Waals surface area contributed by atoms with E-state index in [0.717, 1.165) is 47.4 Å². The van der Waals surface area contributed by atoms with E-state index in [1.54, 1.807) is 12.1 Å². The normalized spacial score (nSPS) is 14.5. The van der Waals surface area contributed by atoms with Crippen LogP contribution in [0.25, 0.3) is 10.8 Å². The number of aromatic nitrogens is 1. The summed E-state index contributed by atoms with van der Waals surface area (Å²) in [6.45, 7) is 0. The zero-order valence-corrected chi connectivity index (χ0v) is 21.2. The van der Waals surface area contributed by atoms with E-state index >= 15 is 0 Å². The summed E-state index contributed by atoms with van der Waals surface area (Å²) < 4.78 is 23.2. The van der Waals surface area contributed by atoms with E-state index in [-0.39, 0.29) is 16.5 Å². The van der Waals surface area contributed by atoms with E-state index in [1.165, 1.54) is 18.3 Å². The van der Waals surface area contributed by atoms with Crippen molar-refractivity contribution in [2.75, 3.05) is 11.6 Å². The minimum atomic E-state index is -3.38. The summed E-state index contributed by atoms with van der Waals surface area (Å²) in [5, 5.41) is 8.31. The maximum atomic E-state index is 13.0. The molecule has 0 saturated heterocycles. The van der Waals surface area contributed by atoms with Crippen LogP contribution < -0.4 is 10.6 Å². The third-order valence-corrected chi connectivity index (χ3v) is 7.95. The maximum absolute atomic E-state index is 13.0. The van der Waals surface area contributed by atoms with Crippen molar-refractivity contribution in [2.24, 2.45) is 0 Å². The summed E-state index contributed by atoms with van der Waals surface area (Å²) in [7, 11) is -3.38. The van der Waals surface area contributed by atoms with E-state index in [4.69, 9.17) is 0 Å². The van der Waals surface area contributed by atoms with Gasteiger partial charge in [-0.15, -0.1) is 0 Å². The van der Waals surface area contributed by atoms with Crippen LogP contribution in [0.4, 0.5) is 5.69 Å². The van der Waals surface area contributed by atoms with Gasteiger partial charge in [-0.3, -0.25) is 9.59 Å². The lowest BCUT2D eigenvalue weighted by Crippen LogP contribution is -2.51. The zero-order valence-electron chi connectivity index (χ0n) is 20.4. The maximum Gasteiger partial charge on any atom is 0.274 e. The molecule has 1 saturated carbocycles. The molecule has 5 rings (SSSR count). The van der Waals surface area contributed by atoms with Crippen LogP contribution in [-0.2, 0) is 26.6 Å². The molecule has 0 atom stereocenters. The topological polar surface area (TPSA) is 105 Å². The van der Waals surface area contributed by atoms with E-state index in [9.17, 15) is 18.0 Å². The number of amides is 2. The van der Waals surface area contributed by atoms with Gasteiger partial charge in [-0.05, 0) is 65.4 Å².